The van der Waals surface area contributed by atoms with Crippen molar-refractivity contribution in [3.8, 4) is 5.75 Å². The fraction of sp³-hybridized carbons (Fsp3) is 0.154. The molecule has 0 atom stereocenters. The molecular weight excluding hydrogens is 300 g/mol. The van der Waals surface area contributed by atoms with Gasteiger partial charge in [0.2, 0.25) is 0 Å². The van der Waals surface area contributed by atoms with Crippen LogP contribution in [0.5, 0.6) is 5.75 Å². The van der Waals surface area contributed by atoms with E-state index in [1.54, 1.807) is 30.4 Å². The molecule has 0 saturated heterocycles. The maximum atomic E-state index is 11.1. The highest BCUT2D eigenvalue weighted by Crippen LogP contribution is 2.23. The van der Waals surface area contributed by atoms with Crippen LogP contribution in [0.25, 0.3) is 0 Å². The van der Waals surface area contributed by atoms with Gasteiger partial charge in [-0.05, 0) is 59.3 Å². The molecule has 1 aromatic heterocycles. The fourth-order valence-corrected chi connectivity index (χ4v) is 2.77. The van der Waals surface area contributed by atoms with Crippen LogP contribution in [0.4, 0.5) is 0 Å². The first-order valence-electron chi connectivity index (χ1n) is 5.13. The maximum absolute atomic E-state index is 11.1. The van der Waals surface area contributed by atoms with Crippen LogP contribution in [-0.4, -0.2) is 5.78 Å². The van der Waals surface area contributed by atoms with Crippen molar-refractivity contribution >= 4 is 33.0 Å². The largest absolute Gasteiger partial charge is 0.488 e. The van der Waals surface area contributed by atoms with Crippen molar-refractivity contribution in [3.63, 3.8) is 0 Å². The zero-order chi connectivity index (χ0) is 12.3. The van der Waals surface area contributed by atoms with Crippen LogP contribution in [0.2, 0.25) is 0 Å². The van der Waals surface area contributed by atoms with Crippen molar-refractivity contribution < 1.29 is 9.53 Å². The Bertz CT molecular complexity index is 516. The molecule has 2 rings (SSSR count). The summed E-state index contributed by atoms with van der Waals surface area (Å²) in [7, 11) is 0. The van der Waals surface area contributed by atoms with Gasteiger partial charge in [-0.15, -0.1) is 11.3 Å². The third-order valence-electron chi connectivity index (χ3n) is 2.27. The molecule has 2 aromatic rings. The molecule has 4 heteroatoms. The van der Waals surface area contributed by atoms with Gasteiger partial charge in [-0.3, -0.25) is 4.79 Å². The number of rotatable bonds is 4. The SMILES string of the molecule is CC(=O)c1ccc(OCc2ccc(Br)s2)cc1. The van der Waals surface area contributed by atoms with E-state index in [-0.39, 0.29) is 5.78 Å². The van der Waals surface area contributed by atoms with E-state index in [2.05, 4.69) is 15.9 Å². The van der Waals surface area contributed by atoms with Gasteiger partial charge in [0.15, 0.2) is 5.78 Å². The first-order chi connectivity index (χ1) is 8.15. The smallest absolute Gasteiger partial charge is 0.159 e. The highest BCUT2D eigenvalue weighted by molar-refractivity contribution is 9.11. The average molecular weight is 311 g/mol. The van der Waals surface area contributed by atoms with Gasteiger partial charge in [-0.1, -0.05) is 0 Å². The topological polar surface area (TPSA) is 26.3 Å². The Balaban J connectivity index is 1.97. The summed E-state index contributed by atoms with van der Waals surface area (Å²) in [6.07, 6.45) is 0. The third kappa shape index (κ3) is 3.41. The van der Waals surface area contributed by atoms with Gasteiger partial charge in [0.25, 0.3) is 0 Å². The quantitative estimate of drug-likeness (QED) is 0.787. The molecule has 17 heavy (non-hydrogen) atoms. The number of thiophene rings is 1. The Kier molecular flexibility index (Phi) is 3.97. The number of ether oxygens (including phenoxy) is 1. The van der Waals surface area contributed by atoms with Gasteiger partial charge < -0.3 is 4.74 Å². The van der Waals surface area contributed by atoms with Crippen molar-refractivity contribution in [1.82, 2.24) is 0 Å². The second-order valence-electron chi connectivity index (χ2n) is 3.58. The second kappa shape index (κ2) is 5.47. The Morgan fingerprint density at radius 1 is 1.24 bits per heavy atom. The normalized spacial score (nSPS) is 10.2. The minimum absolute atomic E-state index is 0.0683. The summed E-state index contributed by atoms with van der Waals surface area (Å²) in [6.45, 7) is 2.11. The number of Topliss-reactive ketones (excluding diaryl/α,β-unsaturated/α-hetero) is 1. The predicted octanol–water partition coefficient (Wildman–Crippen LogP) is 4.29. The Labute approximate surface area is 112 Å². The van der Waals surface area contributed by atoms with Crippen LogP contribution >= 0.6 is 27.3 Å². The standard InChI is InChI=1S/C13H11BrO2S/c1-9(15)10-2-4-11(5-3-10)16-8-12-6-7-13(14)17-12/h2-7H,8H2,1H3. The number of hydrogen-bond acceptors (Lipinski definition) is 3. The second-order valence-corrected chi connectivity index (χ2v) is 6.12. The van der Waals surface area contributed by atoms with E-state index in [9.17, 15) is 4.79 Å². The molecule has 0 aliphatic rings. The Morgan fingerprint density at radius 2 is 1.94 bits per heavy atom. The summed E-state index contributed by atoms with van der Waals surface area (Å²) < 4.78 is 6.72. The molecular formula is C13H11BrO2S. The summed E-state index contributed by atoms with van der Waals surface area (Å²) in [5, 5.41) is 0. The monoisotopic (exact) mass is 310 g/mol. The molecule has 0 radical (unpaired) electrons. The van der Waals surface area contributed by atoms with E-state index in [1.807, 2.05) is 24.3 Å². The van der Waals surface area contributed by atoms with Gasteiger partial charge in [0.1, 0.15) is 12.4 Å². The summed E-state index contributed by atoms with van der Waals surface area (Å²) in [5.41, 5.74) is 0.705. The van der Waals surface area contributed by atoms with Crippen molar-refractivity contribution in [1.29, 1.82) is 0 Å². The molecule has 0 unspecified atom stereocenters. The zero-order valence-electron chi connectivity index (χ0n) is 9.27. The van der Waals surface area contributed by atoms with Crippen LogP contribution in [0.3, 0.4) is 0 Å². The zero-order valence-corrected chi connectivity index (χ0v) is 11.7. The molecule has 0 bridgehead atoms. The summed E-state index contributed by atoms with van der Waals surface area (Å²) in [5.74, 6) is 0.846. The molecule has 0 amide bonds. The molecule has 0 N–H and O–H groups in total. The van der Waals surface area contributed by atoms with Crippen LogP contribution in [0.15, 0.2) is 40.2 Å². The number of benzene rings is 1. The van der Waals surface area contributed by atoms with E-state index in [4.69, 9.17) is 4.74 Å². The van der Waals surface area contributed by atoms with Gasteiger partial charge in [0, 0.05) is 10.4 Å². The molecule has 1 aromatic carbocycles. The number of carbonyl (C=O) groups is 1. The molecule has 0 saturated carbocycles. The Morgan fingerprint density at radius 3 is 2.47 bits per heavy atom. The first-order valence-corrected chi connectivity index (χ1v) is 6.74. The molecule has 0 aliphatic carbocycles. The first kappa shape index (κ1) is 12.3. The number of carbonyl (C=O) groups excluding carboxylic acids is 1. The molecule has 88 valence electrons. The lowest BCUT2D eigenvalue weighted by Crippen LogP contribution is -1.94. The summed E-state index contributed by atoms with van der Waals surface area (Å²) in [6, 6.07) is 11.2. The van der Waals surface area contributed by atoms with Crippen LogP contribution in [0, 0.1) is 0 Å². The van der Waals surface area contributed by atoms with E-state index in [0.717, 1.165) is 14.4 Å². The van der Waals surface area contributed by atoms with Crippen LogP contribution in [-0.2, 0) is 6.61 Å². The lowest BCUT2D eigenvalue weighted by molar-refractivity contribution is 0.101. The molecule has 1 heterocycles. The minimum Gasteiger partial charge on any atom is -0.488 e. The maximum Gasteiger partial charge on any atom is 0.159 e. The summed E-state index contributed by atoms with van der Waals surface area (Å²) in [4.78, 5) is 12.3. The molecule has 0 fully saturated rings. The number of halogens is 1. The number of ketones is 1. The lowest BCUT2D eigenvalue weighted by Gasteiger charge is -2.04. The van der Waals surface area contributed by atoms with Gasteiger partial charge in [-0.25, -0.2) is 0 Å². The van der Waals surface area contributed by atoms with Gasteiger partial charge in [-0.2, -0.15) is 0 Å². The van der Waals surface area contributed by atoms with Crippen LogP contribution in [0.1, 0.15) is 22.2 Å². The molecule has 0 aliphatic heterocycles. The Hall–Kier alpha value is -1.13. The highest BCUT2D eigenvalue weighted by atomic mass is 79.9. The third-order valence-corrected chi connectivity index (χ3v) is 3.87. The average Bonchev–Trinajstić information content (AvgIpc) is 2.73. The predicted molar refractivity (Wildman–Crippen MR) is 72.8 cm³/mol. The van der Waals surface area contributed by atoms with Crippen molar-refractivity contribution in [2.45, 2.75) is 13.5 Å². The lowest BCUT2D eigenvalue weighted by atomic mass is 10.1. The van der Waals surface area contributed by atoms with Crippen LogP contribution < -0.4 is 4.74 Å². The van der Waals surface area contributed by atoms with E-state index in [1.165, 1.54) is 0 Å². The van der Waals surface area contributed by atoms with Crippen molar-refractivity contribution in [2.75, 3.05) is 0 Å². The highest BCUT2D eigenvalue weighted by Gasteiger charge is 2.01. The van der Waals surface area contributed by atoms with Gasteiger partial charge in [0.05, 0.1) is 3.79 Å². The fourth-order valence-electron chi connectivity index (χ4n) is 1.37. The molecule has 2 nitrogen and oxygen atoms in total. The van der Waals surface area contributed by atoms with Crippen molar-refractivity contribution in [2.24, 2.45) is 0 Å². The van der Waals surface area contributed by atoms with E-state index < -0.39 is 0 Å². The number of hydrogen-bond donors (Lipinski definition) is 0. The molecule has 0 spiro atoms. The summed E-state index contributed by atoms with van der Waals surface area (Å²) >= 11 is 5.06. The van der Waals surface area contributed by atoms with Crippen molar-refractivity contribution in [3.05, 3.63) is 50.6 Å². The minimum atomic E-state index is 0.0683. The van der Waals surface area contributed by atoms with E-state index in [0.29, 0.717) is 12.2 Å². The van der Waals surface area contributed by atoms with Gasteiger partial charge >= 0.3 is 0 Å². The van der Waals surface area contributed by atoms with E-state index >= 15 is 0 Å².